The third-order valence-electron chi connectivity index (χ3n) is 4.70. The minimum absolute atomic E-state index is 0.0294. The topological polar surface area (TPSA) is 140 Å². The Bertz CT molecular complexity index is 1230. The van der Waals surface area contributed by atoms with Gasteiger partial charge in [-0.25, -0.2) is 18.0 Å². The third kappa shape index (κ3) is 4.65. The van der Waals surface area contributed by atoms with Gasteiger partial charge in [0.05, 0.1) is 17.6 Å². The Kier molecular flexibility index (Phi) is 6.65. The number of fused-ring (bicyclic) bond motifs is 1. The molecule has 0 radical (unpaired) electrons. The molecule has 1 aliphatic heterocycles. The maximum absolute atomic E-state index is 12.3. The Labute approximate surface area is 188 Å². The summed E-state index contributed by atoms with van der Waals surface area (Å²) in [5.41, 5.74) is 1.29. The zero-order valence-electron chi connectivity index (χ0n) is 17.7. The van der Waals surface area contributed by atoms with Crippen molar-refractivity contribution in [3.8, 4) is 0 Å². The lowest BCUT2D eigenvalue weighted by molar-refractivity contribution is -0.148. The molecular weight excluding hydrogens is 458 g/mol. The van der Waals surface area contributed by atoms with E-state index in [4.69, 9.17) is 9.47 Å². The van der Waals surface area contributed by atoms with Crippen LogP contribution in [0.1, 0.15) is 33.3 Å². The maximum Gasteiger partial charge on any atom is 0.341 e. The van der Waals surface area contributed by atoms with Gasteiger partial charge in [-0.3, -0.25) is 14.5 Å². The number of aliphatic imine (C=N–C) groups is 1. The number of sulfonamides is 1. The van der Waals surface area contributed by atoms with Crippen LogP contribution >= 0.6 is 11.3 Å². The van der Waals surface area contributed by atoms with Gasteiger partial charge in [0.2, 0.25) is 0 Å². The van der Waals surface area contributed by atoms with Gasteiger partial charge in [-0.1, -0.05) is 12.1 Å². The number of amides is 1. The van der Waals surface area contributed by atoms with Gasteiger partial charge < -0.3 is 14.8 Å². The second-order valence-electron chi connectivity index (χ2n) is 6.89. The van der Waals surface area contributed by atoms with Gasteiger partial charge in [-0.05, 0) is 38.5 Å². The van der Waals surface area contributed by atoms with Crippen molar-refractivity contribution < 1.29 is 32.3 Å². The highest BCUT2D eigenvalue weighted by atomic mass is 32.2. The summed E-state index contributed by atoms with van der Waals surface area (Å²) in [6, 6.07) is 5.18. The van der Waals surface area contributed by atoms with E-state index >= 15 is 0 Å². The number of benzene rings is 1. The zero-order valence-corrected chi connectivity index (χ0v) is 19.3. The highest BCUT2D eigenvalue weighted by Crippen LogP contribution is 2.32. The number of esters is 2. The number of nitrogens with one attached hydrogen (secondary N) is 2. The molecule has 1 aliphatic rings. The van der Waals surface area contributed by atoms with Gasteiger partial charge in [0.25, 0.3) is 15.9 Å². The second kappa shape index (κ2) is 9.09. The lowest BCUT2D eigenvalue weighted by atomic mass is 10.1. The van der Waals surface area contributed by atoms with Crippen LogP contribution in [-0.2, 0) is 29.1 Å². The predicted octanol–water partition coefficient (Wildman–Crippen LogP) is 1.76. The van der Waals surface area contributed by atoms with Crippen LogP contribution in [0.3, 0.4) is 0 Å². The van der Waals surface area contributed by atoms with E-state index < -0.39 is 40.5 Å². The van der Waals surface area contributed by atoms with Crippen molar-refractivity contribution in [2.75, 3.05) is 19.0 Å². The fourth-order valence-corrected chi connectivity index (χ4v) is 5.26. The second-order valence-corrected chi connectivity index (χ2v) is 9.77. The van der Waals surface area contributed by atoms with E-state index in [1.165, 1.54) is 31.4 Å². The molecule has 1 aromatic carbocycles. The van der Waals surface area contributed by atoms with Crippen LogP contribution < -0.4 is 10.0 Å². The summed E-state index contributed by atoms with van der Waals surface area (Å²) >= 11 is 1.21. The zero-order chi connectivity index (χ0) is 23.6. The van der Waals surface area contributed by atoms with Crippen molar-refractivity contribution in [3.63, 3.8) is 0 Å². The van der Waals surface area contributed by atoms with Crippen molar-refractivity contribution in [1.29, 1.82) is 0 Å². The maximum atomic E-state index is 12.3. The number of amidine groups is 1. The Morgan fingerprint density at radius 3 is 2.59 bits per heavy atom. The summed E-state index contributed by atoms with van der Waals surface area (Å²) in [6.45, 7) is 4.36. The summed E-state index contributed by atoms with van der Waals surface area (Å²) in [6.07, 6.45) is 0. The number of methoxy groups -OCH3 is 1. The summed E-state index contributed by atoms with van der Waals surface area (Å²) in [5.74, 6) is -2.01. The molecule has 1 aromatic heterocycles. The molecule has 10 nitrogen and oxygen atoms in total. The quantitative estimate of drug-likeness (QED) is 0.602. The van der Waals surface area contributed by atoms with Crippen LogP contribution in [0.4, 0.5) is 5.00 Å². The van der Waals surface area contributed by atoms with Crippen molar-refractivity contribution in [1.82, 2.24) is 4.72 Å². The molecule has 0 unspecified atom stereocenters. The van der Waals surface area contributed by atoms with Crippen LogP contribution in [0.25, 0.3) is 0 Å². The first-order valence-corrected chi connectivity index (χ1v) is 11.7. The van der Waals surface area contributed by atoms with Crippen LogP contribution in [0.5, 0.6) is 0 Å². The van der Waals surface area contributed by atoms with Crippen molar-refractivity contribution >= 4 is 50.0 Å². The number of ether oxygens (including phenoxy) is 2. The molecular formula is C20H21N3O7S2. The van der Waals surface area contributed by atoms with E-state index in [9.17, 15) is 22.8 Å². The summed E-state index contributed by atoms with van der Waals surface area (Å²) in [5, 5.41) is 2.86. The smallest absolute Gasteiger partial charge is 0.341 e. The Balaban J connectivity index is 1.64. The highest BCUT2D eigenvalue weighted by molar-refractivity contribution is 7.90. The fraction of sp³-hybridized carbons (Fsp3) is 0.300. The molecule has 0 saturated heterocycles. The van der Waals surface area contributed by atoms with Gasteiger partial charge in [-0.15, -0.1) is 11.3 Å². The first-order chi connectivity index (χ1) is 15.0. The molecule has 0 aliphatic carbocycles. The number of thiophene rings is 1. The third-order valence-corrected chi connectivity index (χ3v) is 7.22. The lowest BCUT2D eigenvalue weighted by Gasteiger charge is -2.10. The molecule has 170 valence electrons. The molecule has 2 N–H and O–H groups in total. The summed E-state index contributed by atoms with van der Waals surface area (Å²) < 4.78 is 36.3. The van der Waals surface area contributed by atoms with E-state index in [1.807, 2.05) is 0 Å². The lowest BCUT2D eigenvalue weighted by Crippen LogP contribution is -2.29. The first-order valence-electron chi connectivity index (χ1n) is 9.40. The van der Waals surface area contributed by atoms with Crippen molar-refractivity contribution in [2.24, 2.45) is 4.99 Å². The van der Waals surface area contributed by atoms with Crippen LogP contribution in [0.2, 0.25) is 0 Å². The minimum atomic E-state index is -3.74. The average molecular weight is 480 g/mol. The van der Waals surface area contributed by atoms with Crippen molar-refractivity contribution in [3.05, 3.63) is 45.8 Å². The Morgan fingerprint density at radius 1 is 1.22 bits per heavy atom. The number of nitrogens with zero attached hydrogens (tertiary/aromatic N) is 1. The molecule has 12 heteroatoms. The van der Waals surface area contributed by atoms with Crippen LogP contribution in [0.15, 0.2) is 34.2 Å². The van der Waals surface area contributed by atoms with E-state index in [2.05, 4.69) is 15.0 Å². The normalized spacial score (nSPS) is 16.1. The number of anilines is 1. The Morgan fingerprint density at radius 2 is 1.91 bits per heavy atom. The Hall–Kier alpha value is -3.25. The summed E-state index contributed by atoms with van der Waals surface area (Å²) in [4.78, 5) is 41.5. The van der Waals surface area contributed by atoms with Gasteiger partial charge >= 0.3 is 11.9 Å². The minimum Gasteiger partial charge on any atom is -0.465 e. The molecule has 0 spiro atoms. The molecule has 0 bridgehead atoms. The van der Waals surface area contributed by atoms with E-state index in [0.29, 0.717) is 16.1 Å². The number of rotatable bonds is 6. The summed E-state index contributed by atoms with van der Waals surface area (Å²) in [7, 11) is -2.49. The van der Waals surface area contributed by atoms with Crippen LogP contribution in [-0.4, -0.2) is 51.9 Å². The fourth-order valence-electron chi connectivity index (χ4n) is 2.96. The van der Waals surface area contributed by atoms with Crippen molar-refractivity contribution in [2.45, 2.75) is 31.7 Å². The molecule has 1 amide bonds. The monoisotopic (exact) mass is 479 g/mol. The molecule has 0 fully saturated rings. The van der Waals surface area contributed by atoms with Crippen LogP contribution in [0, 0.1) is 13.8 Å². The number of aryl methyl sites for hydroxylation is 1. The number of carbonyl (C=O) groups excluding carboxylic acids is 3. The van der Waals surface area contributed by atoms with E-state index in [-0.39, 0.29) is 16.3 Å². The van der Waals surface area contributed by atoms with Gasteiger partial charge in [-0.2, -0.15) is 0 Å². The molecule has 0 saturated carbocycles. The predicted molar refractivity (Wildman–Crippen MR) is 117 cm³/mol. The standard InChI is InChI=1S/C20H21N3O7S2/c1-10-12(3)31-18(16(10)20(26)29-4)22-15(24)9-30-19(25)11(2)21-17-13-7-5-6-8-14(13)32(27,28)23-17/h5-8,11H,9H2,1-4H3,(H,21,23)(H,22,24)/t11-/m0/s1. The van der Waals surface area contributed by atoms with Gasteiger partial charge in [0, 0.05) is 10.4 Å². The number of hydrogen-bond donors (Lipinski definition) is 2. The highest BCUT2D eigenvalue weighted by Gasteiger charge is 2.31. The number of hydrogen-bond acceptors (Lipinski definition) is 9. The molecule has 1 atom stereocenters. The molecule has 3 rings (SSSR count). The largest absolute Gasteiger partial charge is 0.465 e. The van der Waals surface area contributed by atoms with Gasteiger partial charge in [0.15, 0.2) is 6.61 Å². The SMILES string of the molecule is COC(=O)c1c(NC(=O)COC(=O)[C@H](C)N=C2NS(=O)(=O)c3ccccc32)sc(C)c1C. The average Bonchev–Trinajstić information content (AvgIpc) is 3.17. The molecule has 2 aromatic rings. The first kappa shape index (κ1) is 23.4. The molecule has 32 heavy (non-hydrogen) atoms. The molecule has 2 heterocycles. The number of carbonyl (C=O) groups is 3. The van der Waals surface area contributed by atoms with Gasteiger partial charge in [0.1, 0.15) is 16.9 Å². The van der Waals surface area contributed by atoms with E-state index in [0.717, 1.165) is 4.88 Å². The van der Waals surface area contributed by atoms with E-state index in [1.54, 1.807) is 32.0 Å².